The van der Waals surface area contributed by atoms with E-state index in [4.69, 9.17) is 0 Å². The van der Waals surface area contributed by atoms with E-state index in [1.807, 2.05) is 0 Å². The van der Waals surface area contributed by atoms with E-state index in [0.717, 1.165) is 11.1 Å². The number of hydrogen-bond donors (Lipinski definition) is 1. The smallest absolute Gasteiger partial charge is 0.248 e. The predicted molar refractivity (Wildman–Crippen MR) is 87.8 cm³/mol. The van der Waals surface area contributed by atoms with Gasteiger partial charge in [0.2, 0.25) is 5.91 Å². The predicted octanol–water partition coefficient (Wildman–Crippen LogP) is 2.84. The molecule has 2 heterocycles. The number of nitrogens with one attached hydrogen (secondary N) is 1. The third-order valence-corrected chi connectivity index (χ3v) is 3.32. The van der Waals surface area contributed by atoms with Gasteiger partial charge in [0, 0.05) is 6.08 Å². The van der Waals surface area contributed by atoms with Crippen LogP contribution in [-0.2, 0) is 4.79 Å². The SMILES string of the molecule is C/C(=C/C(=O)Nc1ccc(-n2cncn2)nc1)c1ccc(F)cc1. The normalized spacial score (nSPS) is 11.3. The van der Waals surface area contributed by atoms with Crippen LogP contribution in [0.15, 0.2) is 61.3 Å². The maximum absolute atomic E-state index is 12.9. The minimum absolute atomic E-state index is 0.285. The Morgan fingerprint density at radius 2 is 2.00 bits per heavy atom. The van der Waals surface area contributed by atoms with Crippen LogP contribution in [0.5, 0.6) is 0 Å². The van der Waals surface area contributed by atoms with Crippen LogP contribution >= 0.6 is 0 Å². The van der Waals surface area contributed by atoms with E-state index in [1.54, 1.807) is 31.2 Å². The third-order valence-electron chi connectivity index (χ3n) is 3.32. The number of pyridine rings is 1. The summed E-state index contributed by atoms with van der Waals surface area (Å²) in [5.74, 6) is 0.00483. The number of carbonyl (C=O) groups excluding carboxylic acids is 1. The van der Waals surface area contributed by atoms with Gasteiger partial charge in [-0.25, -0.2) is 19.0 Å². The summed E-state index contributed by atoms with van der Waals surface area (Å²) in [6.45, 7) is 1.79. The number of aromatic nitrogens is 4. The number of allylic oxidation sites excluding steroid dienone is 1. The molecule has 0 fully saturated rings. The standard InChI is InChI=1S/C17H14FN5O/c1-12(13-2-4-14(18)5-3-13)8-17(24)22-15-6-7-16(20-9-15)23-11-19-10-21-23/h2-11H,1H3,(H,22,24)/b12-8-. The van der Waals surface area contributed by atoms with Crippen molar-refractivity contribution in [1.29, 1.82) is 0 Å². The lowest BCUT2D eigenvalue weighted by Gasteiger charge is -2.05. The van der Waals surface area contributed by atoms with E-state index < -0.39 is 0 Å². The van der Waals surface area contributed by atoms with E-state index in [-0.39, 0.29) is 11.7 Å². The highest BCUT2D eigenvalue weighted by Crippen LogP contribution is 2.15. The molecule has 0 spiro atoms. The average molecular weight is 323 g/mol. The van der Waals surface area contributed by atoms with Crippen molar-refractivity contribution in [3.05, 3.63) is 72.7 Å². The molecule has 7 heteroatoms. The fourth-order valence-electron chi connectivity index (χ4n) is 2.09. The highest BCUT2D eigenvalue weighted by atomic mass is 19.1. The van der Waals surface area contributed by atoms with E-state index in [0.29, 0.717) is 11.5 Å². The minimum Gasteiger partial charge on any atom is -0.321 e. The van der Waals surface area contributed by atoms with Crippen molar-refractivity contribution in [2.45, 2.75) is 6.92 Å². The average Bonchev–Trinajstić information content (AvgIpc) is 3.10. The Morgan fingerprint density at radius 3 is 2.62 bits per heavy atom. The van der Waals surface area contributed by atoms with E-state index in [9.17, 15) is 9.18 Å². The number of carbonyl (C=O) groups is 1. The van der Waals surface area contributed by atoms with Crippen LogP contribution in [0.25, 0.3) is 11.4 Å². The molecule has 0 saturated carbocycles. The first-order valence-electron chi connectivity index (χ1n) is 7.18. The Morgan fingerprint density at radius 1 is 1.21 bits per heavy atom. The number of halogens is 1. The van der Waals surface area contributed by atoms with Gasteiger partial charge in [0.15, 0.2) is 5.82 Å². The molecule has 6 nitrogen and oxygen atoms in total. The number of benzene rings is 1. The molecule has 120 valence electrons. The number of nitrogens with zero attached hydrogens (tertiary/aromatic N) is 4. The molecule has 0 saturated heterocycles. The van der Waals surface area contributed by atoms with Gasteiger partial charge in [-0.3, -0.25) is 4.79 Å². The lowest BCUT2D eigenvalue weighted by Crippen LogP contribution is -2.09. The van der Waals surface area contributed by atoms with Crippen molar-refractivity contribution in [3.63, 3.8) is 0 Å². The quantitative estimate of drug-likeness (QED) is 0.749. The lowest BCUT2D eigenvalue weighted by atomic mass is 10.1. The van der Waals surface area contributed by atoms with Crippen LogP contribution in [0.3, 0.4) is 0 Å². The molecular weight excluding hydrogens is 309 g/mol. The summed E-state index contributed by atoms with van der Waals surface area (Å²) in [6.07, 6.45) is 5.95. The van der Waals surface area contributed by atoms with Crippen molar-refractivity contribution in [2.24, 2.45) is 0 Å². The van der Waals surface area contributed by atoms with Gasteiger partial charge in [-0.05, 0) is 42.3 Å². The first-order chi connectivity index (χ1) is 11.6. The first-order valence-corrected chi connectivity index (χ1v) is 7.18. The monoisotopic (exact) mass is 323 g/mol. The van der Waals surface area contributed by atoms with Crippen molar-refractivity contribution < 1.29 is 9.18 Å². The minimum atomic E-state index is -0.311. The molecule has 24 heavy (non-hydrogen) atoms. The number of rotatable bonds is 4. The Hall–Kier alpha value is -3.35. The Kier molecular flexibility index (Phi) is 4.42. The van der Waals surface area contributed by atoms with Gasteiger partial charge in [0.05, 0.1) is 11.9 Å². The lowest BCUT2D eigenvalue weighted by molar-refractivity contribution is -0.111. The highest BCUT2D eigenvalue weighted by Gasteiger charge is 2.04. The summed E-state index contributed by atoms with van der Waals surface area (Å²) in [5, 5.41) is 6.70. The molecule has 0 unspecified atom stereocenters. The summed E-state index contributed by atoms with van der Waals surface area (Å²) < 4.78 is 14.4. The summed E-state index contributed by atoms with van der Waals surface area (Å²) in [4.78, 5) is 20.1. The Labute approximate surface area is 137 Å². The fraction of sp³-hybridized carbons (Fsp3) is 0.0588. The van der Waals surface area contributed by atoms with Gasteiger partial charge in [-0.15, -0.1) is 0 Å². The largest absolute Gasteiger partial charge is 0.321 e. The van der Waals surface area contributed by atoms with Crippen LogP contribution in [0.1, 0.15) is 12.5 Å². The van der Waals surface area contributed by atoms with Crippen molar-refractivity contribution in [3.8, 4) is 5.82 Å². The molecule has 0 aliphatic carbocycles. The van der Waals surface area contributed by atoms with Gasteiger partial charge in [-0.1, -0.05) is 12.1 Å². The van der Waals surface area contributed by atoms with Crippen LogP contribution < -0.4 is 5.32 Å². The summed E-state index contributed by atoms with van der Waals surface area (Å²) in [5.41, 5.74) is 2.08. The van der Waals surface area contributed by atoms with Gasteiger partial charge in [-0.2, -0.15) is 5.10 Å². The maximum atomic E-state index is 12.9. The van der Waals surface area contributed by atoms with Gasteiger partial charge in [0.1, 0.15) is 18.5 Å². The van der Waals surface area contributed by atoms with Crippen LogP contribution in [0, 0.1) is 5.82 Å². The number of anilines is 1. The number of hydrogen-bond acceptors (Lipinski definition) is 4. The molecule has 0 radical (unpaired) electrons. The van der Waals surface area contributed by atoms with E-state index in [1.165, 1.54) is 41.7 Å². The molecule has 0 bridgehead atoms. The second-order valence-corrected chi connectivity index (χ2v) is 5.07. The van der Waals surface area contributed by atoms with Crippen molar-refractivity contribution >= 4 is 17.2 Å². The van der Waals surface area contributed by atoms with Crippen LogP contribution in [0.4, 0.5) is 10.1 Å². The van der Waals surface area contributed by atoms with Crippen molar-refractivity contribution in [2.75, 3.05) is 5.32 Å². The Bertz CT molecular complexity index is 855. The van der Waals surface area contributed by atoms with Gasteiger partial charge >= 0.3 is 0 Å². The molecule has 1 amide bonds. The summed E-state index contributed by atoms with van der Waals surface area (Å²) in [6, 6.07) is 9.42. The number of amides is 1. The zero-order valence-electron chi connectivity index (χ0n) is 12.8. The van der Waals surface area contributed by atoms with Crippen molar-refractivity contribution in [1.82, 2.24) is 19.7 Å². The molecule has 1 N–H and O–H groups in total. The van der Waals surface area contributed by atoms with Crippen LogP contribution in [0.2, 0.25) is 0 Å². The topological polar surface area (TPSA) is 72.7 Å². The zero-order valence-corrected chi connectivity index (χ0v) is 12.8. The van der Waals surface area contributed by atoms with Crippen LogP contribution in [-0.4, -0.2) is 25.7 Å². The molecule has 0 aliphatic rings. The molecular formula is C17H14FN5O. The van der Waals surface area contributed by atoms with E-state index in [2.05, 4.69) is 20.4 Å². The molecule has 2 aromatic heterocycles. The summed E-state index contributed by atoms with van der Waals surface area (Å²) in [7, 11) is 0. The molecule has 3 aromatic rings. The highest BCUT2D eigenvalue weighted by molar-refractivity contribution is 6.03. The molecule has 0 aliphatic heterocycles. The second kappa shape index (κ2) is 6.82. The van der Waals surface area contributed by atoms with E-state index >= 15 is 0 Å². The molecule has 3 rings (SSSR count). The first kappa shape index (κ1) is 15.5. The second-order valence-electron chi connectivity index (χ2n) is 5.07. The maximum Gasteiger partial charge on any atom is 0.248 e. The molecule has 1 aromatic carbocycles. The zero-order chi connectivity index (χ0) is 16.9. The van der Waals surface area contributed by atoms with Gasteiger partial charge in [0.25, 0.3) is 0 Å². The fourth-order valence-corrected chi connectivity index (χ4v) is 2.09. The molecule has 0 atom stereocenters. The summed E-state index contributed by atoms with van der Waals surface area (Å²) >= 11 is 0. The Balaban J connectivity index is 1.68. The third kappa shape index (κ3) is 3.70. The van der Waals surface area contributed by atoms with Gasteiger partial charge < -0.3 is 5.32 Å².